The average molecular weight is 463 g/mol. The Morgan fingerprint density at radius 3 is 2.76 bits per heavy atom. The number of nitrogens with one attached hydrogen (secondary N) is 2. The maximum atomic E-state index is 13.2. The van der Waals surface area contributed by atoms with E-state index in [1.54, 1.807) is 6.20 Å². The third-order valence-electron chi connectivity index (χ3n) is 6.69. The number of carbonyl (C=O) groups is 1. The highest BCUT2D eigenvalue weighted by atomic mass is 19.4. The van der Waals surface area contributed by atoms with E-state index in [1.807, 2.05) is 24.3 Å². The molecule has 1 aromatic heterocycles. The van der Waals surface area contributed by atoms with Gasteiger partial charge in [0.25, 0.3) is 0 Å². The Hall–Kier alpha value is -2.73. The van der Waals surface area contributed by atoms with E-state index in [9.17, 15) is 23.2 Å². The Morgan fingerprint density at radius 1 is 1.24 bits per heavy atom. The van der Waals surface area contributed by atoms with Crippen molar-refractivity contribution < 1.29 is 22.7 Å². The first-order chi connectivity index (χ1) is 15.8. The van der Waals surface area contributed by atoms with Gasteiger partial charge in [0.1, 0.15) is 11.8 Å². The van der Waals surface area contributed by atoms with Gasteiger partial charge in [-0.1, -0.05) is 19.3 Å². The van der Waals surface area contributed by atoms with Crippen molar-refractivity contribution in [3.63, 3.8) is 0 Å². The Bertz CT molecular complexity index is 1010. The minimum atomic E-state index is -4.72. The SMILES string of the molecule is N#C[C@@H]1CCCN1C(=O)[C@H](Cc1c[nH]c2ccc(OCC3CCCCC3)cc12)NC(F)(F)F. The molecule has 2 heterocycles. The number of ether oxygens (including phenoxy) is 1. The van der Waals surface area contributed by atoms with Gasteiger partial charge in [0.05, 0.1) is 18.7 Å². The number of amides is 1. The minimum Gasteiger partial charge on any atom is -0.493 e. The van der Waals surface area contributed by atoms with Crippen LogP contribution in [0.5, 0.6) is 5.75 Å². The molecule has 1 aliphatic carbocycles. The monoisotopic (exact) mass is 462 g/mol. The van der Waals surface area contributed by atoms with Crippen LogP contribution in [0, 0.1) is 17.2 Å². The van der Waals surface area contributed by atoms with Crippen LogP contribution >= 0.6 is 0 Å². The molecule has 0 radical (unpaired) electrons. The first-order valence-corrected chi connectivity index (χ1v) is 11.6. The van der Waals surface area contributed by atoms with Crippen LogP contribution in [0.15, 0.2) is 24.4 Å². The standard InChI is InChI=1S/C24H29F3N4O2/c25-24(26,27)30-22(23(32)31-10-4-7-18(31)13-28)11-17-14-29-21-9-8-19(12-20(17)21)33-15-16-5-2-1-3-6-16/h8-9,12,14,16,18,22,29-30H,1-7,10-11,15H2/t18-,22-/m0/s1. The van der Waals surface area contributed by atoms with Crippen LogP contribution in [0.4, 0.5) is 13.2 Å². The number of likely N-dealkylation sites (tertiary alicyclic amines) is 1. The topological polar surface area (TPSA) is 81.2 Å². The quantitative estimate of drug-likeness (QED) is 0.587. The molecule has 2 atom stereocenters. The predicted molar refractivity (Wildman–Crippen MR) is 117 cm³/mol. The summed E-state index contributed by atoms with van der Waals surface area (Å²) in [6, 6.07) is 5.35. The number of aromatic nitrogens is 1. The number of nitriles is 1. The van der Waals surface area contributed by atoms with Gasteiger partial charge in [0.2, 0.25) is 5.91 Å². The predicted octanol–water partition coefficient (Wildman–Crippen LogP) is 4.66. The van der Waals surface area contributed by atoms with Crippen molar-refractivity contribution in [3.8, 4) is 11.8 Å². The first kappa shape index (κ1) is 23.4. The number of hydrogen-bond donors (Lipinski definition) is 2. The highest BCUT2D eigenvalue weighted by Crippen LogP contribution is 2.29. The van der Waals surface area contributed by atoms with E-state index >= 15 is 0 Å². The second-order valence-electron chi connectivity index (χ2n) is 9.05. The van der Waals surface area contributed by atoms with Gasteiger partial charge >= 0.3 is 6.30 Å². The Morgan fingerprint density at radius 2 is 2.03 bits per heavy atom. The molecule has 1 aromatic carbocycles. The number of carbonyl (C=O) groups excluding carboxylic acids is 1. The maximum Gasteiger partial charge on any atom is 0.457 e. The zero-order valence-corrected chi connectivity index (χ0v) is 18.5. The summed E-state index contributed by atoms with van der Waals surface area (Å²) < 4.78 is 45.7. The van der Waals surface area contributed by atoms with Crippen molar-refractivity contribution in [3.05, 3.63) is 30.0 Å². The molecule has 2 fully saturated rings. The molecule has 1 aliphatic heterocycles. The highest BCUT2D eigenvalue weighted by Gasteiger charge is 2.39. The largest absolute Gasteiger partial charge is 0.493 e. The smallest absolute Gasteiger partial charge is 0.457 e. The van der Waals surface area contributed by atoms with Crippen molar-refractivity contribution in [2.45, 2.75) is 69.8 Å². The summed E-state index contributed by atoms with van der Waals surface area (Å²) >= 11 is 0. The van der Waals surface area contributed by atoms with E-state index in [-0.39, 0.29) is 6.42 Å². The van der Waals surface area contributed by atoms with Gasteiger partial charge in [-0.15, -0.1) is 0 Å². The number of rotatable bonds is 7. The molecule has 6 nitrogen and oxygen atoms in total. The number of hydrogen-bond acceptors (Lipinski definition) is 4. The summed E-state index contributed by atoms with van der Waals surface area (Å²) in [7, 11) is 0. The van der Waals surface area contributed by atoms with E-state index in [0.717, 1.165) is 23.7 Å². The molecular weight excluding hydrogens is 433 g/mol. The zero-order chi connectivity index (χ0) is 23.4. The van der Waals surface area contributed by atoms with E-state index in [4.69, 9.17) is 4.74 Å². The molecular formula is C24H29F3N4O2. The molecule has 2 aliphatic rings. The molecule has 0 spiro atoms. The second-order valence-corrected chi connectivity index (χ2v) is 9.05. The summed E-state index contributed by atoms with van der Waals surface area (Å²) in [6.45, 7) is 0.923. The molecule has 1 saturated carbocycles. The summed E-state index contributed by atoms with van der Waals surface area (Å²) in [4.78, 5) is 17.3. The van der Waals surface area contributed by atoms with Crippen LogP contribution in [-0.2, 0) is 11.2 Å². The Kier molecular flexibility index (Phi) is 7.13. The van der Waals surface area contributed by atoms with Crippen molar-refractivity contribution in [1.82, 2.24) is 15.2 Å². The van der Waals surface area contributed by atoms with E-state index < -0.39 is 24.3 Å². The molecule has 9 heteroatoms. The van der Waals surface area contributed by atoms with E-state index in [2.05, 4.69) is 4.98 Å². The number of nitrogens with zero attached hydrogens (tertiary/aromatic N) is 2. The summed E-state index contributed by atoms with van der Waals surface area (Å²) in [6.07, 6.45) is 3.89. The van der Waals surface area contributed by atoms with Crippen molar-refractivity contribution >= 4 is 16.8 Å². The number of halogens is 3. The van der Waals surface area contributed by atoms with Gasteiger partial charge in [-0.3, -0.25) is 4.79 Å². The second kappa shape index (κ2) is 10.0. The molecule has 2 N–H and O–H groups in total. The molecule has 1 saturated heterocycles. The molecule has 0 bridgehead atoms. The van der Waals surface area contributed by atoms with Gasteiger partial charge in [-0.2, -0.15) is 18.4 Å². The Balaban J connectivity index is 1.52. The number of alkyl halides is 3. The Labute approximate surface area is 191 Å². The lowest BCUT2D eigenvalue weighted by molar-refractivity contribution is -0.171. The molecule has 4 rings (SSSR count). The third kappa shape index (κ3) is 5.80. The number of aromatic amines is 1. The van der Waals surface area contributed by atoms with Crippen LogP contribution in [0.1, 0.15) is 50.5 Å². The zero-order valence-electron chi connectivity index (χ0n) is 18.5. The molecule has 2 aromatic rings. The lowest BCUT2D eigenvalue weighted by atomic mass is 9.90. The molecule has 33 heavy (non-hydrogen) atoms. The number of H-pyrrole nitrogens is 1. The summed E-state index contributed by atoms with van der Waals surface area (Å²) in [5.74, 6) is 0.506. The van der Waals surface area contributed by atoms with E-state index in [1.165, 1.54) is 29.5 Å². The van der Waals surface area contributed by atoms with E-state index in [0.29, 0.717) is 43.2 Å². The fourth-order valence-corrected chi connectivity index (χ4v) is 4.97. The van der Waals surface area contributed by atoms with Crippen LogP contribution < -0.4 is 10.1 Å². The van der Waals surface area contributed by atoms with Crippen LogP contribution in [0.2, 0.25) is 0 Å². The first-order valence-electron chi connectivity index (χ1n) is 11.6. The summed E-state index contributed by atoms with van der Waals surface area (Å²) in [5.41, 5.74) is 1.36. The number of fused-ring (bicyclic) bond motifs is 1. The average Bonchev–Trinajstić information content (AvgIpc) is 3.43. The van der Waals surface area contributed by atoms with Crippen molar-refractivity contribution in [2.24, 2.45) is 5.92 Å². The third-order valence-corrected chi connectivity index (χ3v) is 6.69. The fraction of sp³-hybridized carbons (Fsp3) is 0.583. The van der Waals surface area contributed by atoms with Crippen molar-refractivity contribution in [1.29, 1.82) is 5.26 Å². The lowest BCUT2D eigenvalue weighted by Gasteiger charge is -2.27. The van der Waals surface area contributed by atoms with Crippen LogP contribution in [0.3, 0.4) is 0 Å². The van der Waals surface area contributed by atoms with Gasteiger partial charge in [-0.05, 0) is 61.8 Å². The molecule has 1 amide bonds. The van der Waals surface area contributed by atoms with Crippen LogP contribution in [-0.4, -0.2) is 47.3 Å². The minimum absolute atomic E-state index is 0.154. The van der Waals surface area contributed by atoms with Gasteiger partial charge in [0, 0.05) is 23.6 Å². The molecule has 178 valence electrons. The normalized spacial score (nSPS) is 20.7. The summed E-state index contributed by atoms with van der Waals surface area (Å²) in [5, 5.41) is 11.5. The van der Waals surface area contributed by atoms with Gasteiger partial charge < -0.3 is 14.6 Å². The number of benzene rings is 1. The van der Waals surface area contributed by atoms with Crippen molar-refractivity contribution in [2.75, 3.05) is 13.2 Å². The molecule has 0 unspecified atom stereocenters. The van der Waals surface area contributed by atoms with Gasteiger partial charge in [-0.25, -0.2) is 5.32 Å². The fourth-order valence-electron chi connectivity index (χ4n) is 4.97. The maximum absolute atomic E-state index is 13.2. The van der Waals surface area contributed by atoms with Gasteiger partial charge in [0.15, 0.2) is 0 Å². The highest BCUT2D eigenvalue weighted by molar-refractivity contribution is 5.87. The van der Waals surface area contributed by atoms with Crippen LogP contribution in [0.25, 0.3) is 10.9 Å². The lowest BCUT2D eigenvalue weighted by Crippen LogP contribution is -2.53.